The van der Waals surface area contributed by atoms with Crippen LogP contribution in [0, 0.1) is 0 Å². The van der Waals surface area contributed by atoms with Gasteiger partial charge in [-0.25, -0.2) is 9.78 Å². The number of nitrogens with one attached hydrogen (secondary N) is 4. The van der Waals surface area contributed by atoms with Gasteiger partial charge in [-0.2, -0.15) is 11.8 Å². The number of rotatable bonds is 15. The van der Waals surface area contributed by atoms with Crippen LogP contribution < -0.4 is 21.7 Å². The highest BCUT2D eigenvalue weighted by molar-refractivity contribution is 7.98. The fraction of sp³-hybridized carbons (Fsp3) is 0.579. The standard InChI is InChI=1S/C19H30N6O8S/c1-9(26)15(20)18(31)23-11(3-4-34-2)16(29)24-12(6-14(27)28)17(30)25-13(19(32)33)5-10-7-21-8-22-10/h7-9,11-13,15,26H,3-6,20H2,1-2H3,(H,21,22)(H,23,31)(H,24,29)(H,25,30)(H,27,28)(H,32,33). The maximum atomic E-state index is 12.8. The highest BCUT2D eigenvalue weighted by atomic mass is 32.2. The molecule has 1 heterocycles. The molecule has 0 saturated carbocycles. The molecule has 15 heteroatoms. The number of nitrogens with two attached hydrogens (primary N) is 1. The molecule has 0 fully saturated rings. The smallest absolute Gasteiger partial charge is 0.326 e. The number of aromatic nitrogens is 2. The zero-order valence-corrected chi connectivity index (χ0v) is 19.5. The van der Waals surface area contributed by atoms with Crippen LogP contribution in [0.4, 0.5) is 0 Å². The van der Waals surface area contributed by atoms with Gasteiger partial charge in [0, 0.05) is 18.3 Å². The predicted molar refractivity (Wildman–Crippen MR) is 121 cm³/mol. The van der Waals surface area contributed by atoms with Crippen molar-refractivity contribution >= 4 is 41.4 Å². The van der Waals surface area contributed by atoms with Crippen LogP contribution in [0.25, 0.3) is 0 Å². The molecular formula is C19H30N6O8S. The van der Waals surface area contributed by atoms with Gasteiger partial charge in [0.25, 0.3) is 0 Å². The second kappa shape index (κ2) is 14.2. The number of aliphatic carboxylic acids is 2. The lowest BCUT2D eigenvalue weighted by Gasteiger charge is -2.25. The normalized spacial score (nSPS) is 15.3. The Balaban J connectivity index is 2.97. The molecule has 3 amide bonds. The number of amides is 3. The number of carbonyl (C=O) groups excluding carboxylic acids is 3. The Morgan fingerprint density at radius 1 is 1.06 bits per heavy atom. The number of aliphatic hydroxyl groups excluding tert-OH is 1. The summed E-state index contributed by atoms with van der Waals surface area (Å²) >= 11 is 1.38. The van der Waals surface area contributed by atoms with Crippen LogP contribution in [0.2, 0.25) is 0 Å². The number of hydrogen-bond donors (Lipinski definition) is 8. The van der Waals surface area contributed by atoms with Crippen molar-refractivity contribution in [2.24, 2.45) is 5.73 Å². The molecule has 34 heavy (non-hydrogen) atoms. The summed E-state index contributed by atoms with van der Waals surface area (Å²) in [7, 11) is 0. The van der Waals surface area contributed by atoms with E-state index in [2.05, 4.69) is 25.9 Å². The number of aromatic amines is 1. The Morgan fingerprint density at radius 3 is 2.15 bits per heavy atom. The van der Waals surface area contributed by atoms with Gasteiger partial charge < -0.3 is 42.0 Å². The highest BCUT2D eigenvalue weighted by Crippen LogP contribution is 2.05. The summed E-state index contributed by atoms with van der Waals surface area (Å²) in [4.78, 5) is 67.0. The number of aliphatic hydroxyl groups is 1. The molecule has 0 bridgehead atoms. The lowest BCUT2D eigenvalue weighted by atomic mass is 10.1. The van der Waals surface area contributed by atoms with E-state index in [0.717, 1.165) is 0 Å². The average molecular weight is 503 g/mol. The van der Waals surface area contributed by atoms with Gasteiger partial charge >= 0.3 is 11.9 Å². The molecule has 5 atom stereocenters. The van der Waals surface area contributed by atoms with Crippen LogP contribution in [0.5, 0.6) is 0 Å². The summed E-state index contributed by atoms with van der Waals surface area (Å²) in [6, 6.07) is -5.51. The third-order valence-corrected chi connectivity index (χ3v) is 5.32. The summed E-state index contributed by atoms with van der Waals surface area (Å²) < 4.78 is 0. The van der Waals surface area contributed by atoms with Gasteiger partial charge in [0.15, 0.2) is 0 Å². The SMILES string of the molecule is CSCCC(NC(=O)C(N)C(C)O)C(=O)NC(CC(=O)O)C(=O)NC(Cc1cnc[nH]1)C(=O)O. The van der Waals surface area contributed by atoms with E-state index in [-0.39, 0.29) is 12.8 Å². The summed E-state index contributed by atoms with van der Waals surface area (Å²) in [6.07, 6.45) is 2.43. The fourth-order valence-electron chi connectivity index (χ4n) is 2.74. The average Bonchev–Trinajstić information content (AvgIpc) is 3.27. The maximum absolute atomic E-state index is 12.8. The number of imidazole rings is 1. The fourth-order valence-corrected chi connectivity index (χ4v) is 3.21. The first-order chi connectivity index (χ1) is 16.0. The summed E-state index contributed by atoms with van der Waals surface area (Å²) in [5.41, 5.74) is 6.01. The van der Waals surface area contributed by atoms with Crippen LogP contribution in [0.1, 0.15) is 25.5 Å². The second-order valence-electron chi connectivity index (χ2n) is 7.45. The van der Waals surface area contributed by atoms with Crippen molar-refractivity contribution in [3.8, 4) is 0 Å². The van der Waals surface area contributed by atoms with Crippen LogP contribution in [-0.4, -0.2) is 97.2 Å². The summed E-state index contributed by atoms with van der Waals surface area (Å²) in [5.74, 6) is -5.05. The molecule has 0 aliphatic carbocycles. The van der Waals surface area contributed by atoms with Crippen molar-refractivity contribution in [3.63, 3.8) is 0 Å². The minimum atomic E-state index is -1.62. The Labute approximate surface area is 199 Å². The number of carboxylic acids is 2. The second-order valence-corrected chi connectivity index (χ2v) is 8.43. The molecule has 0 saturated heterocycles. The number of thioether (sulfide) groups is 1. The lowest BCUT2D eigenvalue weighted by Crippen LogP contribution is -2.58. The zero-order valence-electron chi connectivity index (χ0n) is 18.7. The molecule has 0 aliphatic rings. The number of carbonyl (C=O) groups is 5. The van der Waals surface area contributed by atoms with E-state index >= 15 is 0 Å². The van der Waals surface area contributed by atoms with Crippen molar-refractivity contribution < 1.29 is 39.3 Å². The van der Waals surface area contributed by atoms with Crippen molar-refractivity contribution in [1.29, 1.82) is 0 Å². The van der Waals surface area contributed by atoms with Gasteiger partial charge in [-0.05, 0) is 25.4 Å². The number of hydrogen-bond acceptors (Lipinski definition) is 9. The molecule has 0 aliphatic heterocycles. The van der Waals surface area contributed by atoms with Crippen molar-refractivity contribution in [2.75, 3.05) is 12.0 Å². The molecule has 1 rings (SSSR count). The maximum Gasteiger partial charge on any atom is 0.326 e. The van der Waals surface area contributed by atoms with Crippen molar-refractivity contribution in [3.05, 3.63) is 18.2 Å². The van der Waals surface area contributed by atoms with Crippen LogP contribution in [0.15, 0.2) is 12.5 Å². The third-order valence-electron chi connectivity index (χ3n) is 4.67. The molecule has 1 aromatic heterocycles. The zero-order chi connectivity index (χ0) is 25.8. The van der Waals surface area contributed by atoms with Crippen LogP contribution in [-0.2, 0) is 30.4 Å². The molecule has 1 aromatic rings. The summed E-state index contributed by atoms with van der Waals surface area (Å²) in [6.45, 7) is 1.30. The summed E-state index contributed by atoms with van der Waals surface area (Å²) in [5, 5.41) is 34.9. The van der Waals surface area contributed by atoms with E-state index in [9.17, 15) is 39.3 Å². The van der Waals surface area contributed by atoms with E-state index in [0.29, 0.717) is 11.4 Å². The van der Waals surface area contributed by atoms with Crippen LogP contribution in [0.3, 0.4) is 0 Å². The van der Waals surface area contributed by atoms with Gasteiger partial charge in [0.2, 0.25) is 17.7 Å². The molecule has 14 nitrogen and oxygen atoms in total. The molecule has 5 unspecified atom stereocenters. The largest absolute Gasteiger partial charge is 0.481 e. The topological polar surface area (TPSA) is 237 Å². The number of H-pyrrole nitrogens is 1. The highest BCUT2D eigenvalue weighted by Gasteiger charge is 2.32. The van der Waals surface area contributed by atoms with E-state index in [1.807, 2.05) is 0 Å². The van der Waals surface area contributed by atoms with Crippen molar-refractivity contribution in [2.45, 2.75) is 56.5 Å². The third kappa shape index (κ3) is 9.76. The van der Waals surface area contributed by atoms with E-state index < -0.39 is 66.4 Å². The van der Waals surface area contributed by atoms with E-state index in [1.165, 1.54) is 31.2 Å². The first kappa shape index (κ1) is 28.9. The van der Waals surface area contributed by atoms with Crippen molar-refractivity contribution in [1.82, 2.24) is 25.9 Å². The Bertz CT molecular complexity index is 850. The van der Waals surface area contributed by atoms with E-state index in [4.69, 9.17) is 5.73 Å². The van der Waals surface area contributed by atoms with Gasteiger partial charge in [0.1, 0.15) is 24.2 Å². The van der Waals surface area contributed by atoms with Gasteiger partial charge in [-0.3, -0.25) is 19.2 Å². The lowest BCUT2D eigenvalue weighted by molar-refractivity contribution is -0.143. The van der Waals surface area contributed by atoms with E-state index in [1.54, 1.807) is 6.26 Å². The molecule has 0 aromatic carbocycles. The molecular weight excluding hydrogens is 472 g/mol. The number of nitrogens with zero attached hydrogens (tertiary/aromatic N) is 1. The van der Waals surface area contributed by atoms with Crippen LogP contribution >= 0.6 is 11.8 Å². The Morgan fingerprint density at radius 2 is 1.65 bits per heavy atom. The first-order valence-electron chi connectivity index (χ1n) is 10.2. The monoisotopic (exact) mass is 502 g/mol. The van der Waals surface area contributed by atoms with Gasteiger partial charge in [0.05, 0.1) is 18.9 Å². The quantitative estimate of drug-likeness (QED) is 0.124. The first-order valence-corrected chi connectivity index (χ1v) is 11.6. The predicted octanol–water partition coefficient (Wildman–Crippen LogP) is -2.57. The minimum absolute atomic E-state index is 0.129. The number of carboxylic acid groups (broad SMARTS) is 2. The molecule has 0 spiro atoms. The van der Waals surface area contributed by atoms with Gasteiger partial charge in [-0.1, -0.05) is 0 Å². The molecule has 0 radical (unpaired) electrons. The Hall–Kier alpha value is -3.17. The van der Waals surface area contributed by atoms with Gasteiger partial charge in [-0.15, -0.1) is 0 Å². The minimum Gasteiger partial charge on any atom is -0.481 e. The molecule has 9 N–H and O–H groups in total. The molecule has 190 valence electrons. The Kier molecular flexibility index (Phi) is 12.0.